The lowest BCUT2D eigenvalue weighted by Gasteiger charge is -2.28. The zero-order chi connectivity index (χ0) is 27.4. The van der Waals surface area contributed by atoms with Crippen molar-refractivity contribution in [1.29, 1.82) is 0 Å². The number of rotatable bonds is 10. The van der Waals surface area contributed by atoms with Crippen LogP contribution < -0.4 is 10.6 Å². The van der Waals surface area contributed by atoms with Gasteiger partial charge in [0.25, 0.3) is 5.91 Å². The molecule has 208 valence electrons. The monoisotopic (exact) mass is 576 g/mol. The Labute approximate surface area is 228 Å². The summed E-state index contributed by atoms with van der Waals surface area (Å²) in [5.74, 6) is 0.181. The van der Waals surface area contributed by atoms with Crippen LogP contribution in [0.1, 0.15) is 54.8 Å². The standard InChI is InChI=1S/C23H29N8O6PS/c1-2-36-17-6-4-16(5-7-17)31-12-18(20(29-31)21-24-8-3-9-25-21)27-22(32)19-13-39-23(28-19)15-10-26-30(11-15)14-37-38(33,34)35/h3,8,10-13,16-17H,2,4-7,9,14H2,1H3,(H,24,25)(H,27,32)(H2,33,34,35). The summed E-state index contributed by atoms with van der Waals surface area (Å²) in [5.41, 5.74) is 1.88. The molecule has 0 bridgehead atoms. The first-order valence-corrected chi connectivity index (χ1v) is 14.9. The number of phosphoric ester groups is 1. The summed E-state index contributed by atoms with van der Waals surface area (Å²) in [7, 11) is -4.62. The Hall–Kier alpha value is -3.20. The Morgan fingerprint density at radius 2 is 2.10 bits per heavy atom. The van der Waals surface area contributed by atoms with Gasteiger partial charge in [0.1, 0.15) is 10.7 Å². The molecule has 5 rings (SSSR count). The van der Waals surface area contributed by atoms with Crippen LogP contribution in [0.15, 0.2) is 41.2 Å². The first-order chi connectivity index (χ1) is 18.8. The molecule has 1 amide bonds. The second-order valence-electron chi connectivity index (χ2n) is 9.00. The Morgan fingerprint density at radius 3 is 2.82 bits per heavy atom. The Kier molecular flexibility index (Phi) is 8.35. The number of phosphoric acid groups is 1. The normalized spacial score (nSPS) is 19.5. The number of thiazole rings is 1. The number of amides is 1. The molecule has 0 saturated heterocycles. The number of ether oxygens (including phenoxy) is 1. The summed E-state index contributed by atoms with van der Waals surface area (Å²) in [6.07, 6.45) is 12.6. The van der Waals surface area contributed by atoms with Crippen LogP contribution in [0.4, 0.5) is 5.69 Å². The van der Waals surface area contributed by atoms with Crippen molar-refractivity contribution in [2.24, 2.45) is 4.99 Å². The van der Waals surface area contributed by atoms with E-state index in [1.165, 1.54) is 28.4 Å². The number of amidine groups is 1. The molecule has 4 heterocycles. The minimum absolute atomic E-state index is 0.197. The van der Waals surface area contributed by atoms with E-state index in [0.717, 1.165) is 25.7 Å². The van der Waals surface area contributed by atoms with E-state index in [9.17, 15) is 9.36 Å². The van der Waals surface area contributed by atoms with E-state index in [1.54, 1.807) is 11.6 Å². The molecule has 2 aliphatic rings. The Balaban J connectivity index is 1.31. The van der Waals surface area contributed by atoms with Crippen molar-refractivity contribution in [3.8, 4) is 10.6 Å². The van der Waals surface area contributed by atoms with E-state index in [0.29, 0.717) is 40.9 Å². The van der Waals surface area contributed by atoms with E-state index < -0.39 is 20.5 Å². The molecule has 4 N–H and O–H groups in total. The summed E-state index contributed by atoms with van der Waals surface area (Å²) >= 11 is 1.25. The summed E-state index contributed by atoms with van der Waals surface area (Å²) in [6.45, 7) is 2.82. The maximum absolute atomic E-state index is 13.2. The van der Waals surface area contributed by atoms with Crippen LogP contribution in [0.25, 0.3) is 10.6 Å². The Bertz CT molecular complexity index is 1420. The summed E-state index contributed by atoms with van der Waals surface area (Å²) in [5, 5.41) is 17.0. The first kappa shape index (κ1) is 27.4. The van der Waals surface area contributed by atoms with Crippen molar-refractivity contribution in [2.45, 2.75) is 51.5 Å². The van der Waals surface area contributed by atoms with Crippen molar-refractivity contribution in [2.75, 3.05) is 18.5 Å². The predicted molar refractivity (Wildman–Crippen MR) is 143 cm³/mol. The Morgan fingerprint density at radius 1 is 1.28 bits per heavy atom. The van der Waals surface area contributed by atoms with Crippen molar-refractivity contribution in [3.05, 3.63) is 47.6 Å². The number of hydrogen-bond donors (Lipinski definition) is 4. The van der Waals surface area contributed by atoms with E-state index in [4.69, 9.17) is 19.6 Å². The van der Waals surface area contributed by atoms with Crippen molar-refractivity contribution < 1.29 is 28.4 Å². The molecule has 1 aliphatic carbocycles. The molecule has 1 aliphatic heterocycles. The van der Waals surface area contributed by atoms with E-state index in [-0.39, 0.29) is 17.8 Å². The van der Waals surface area contributed by atoms with Gasteiger partial charge in [-0.15, -0.1) is 11.3 Å². The van der Waals surface area contributed by atoms with E-state index in [1.807, 2.05) is 23.9 Å². The molecule has 3 aromatic rings. The largest absolute Gasteiger partial charge is 0.471 e. The van der Waals surface area contributed by atoms with Gasteiger partial charge in [-0.2, -0.15) is 10.2 Å². The summed E-state index contributed by atoms with van der Waals surface area (Å²) in [6, 6.07) is 0.197. The molecule has 0 spiro atoms. The van der Waals surface area contributed by atoms with Gasteiger partial charge in [-0.1, -0.05) is 0 Å². The lowest BCUT2D eigenvalue weighted by molar-refractivity contribution is 0.0259. The average molecular weight is 577 g/mol. The SMILES string of the molecule is CCOC1CCC(n2cc(NC(=O)c3csc(-c4cnn(COP(=O)(O)O)c4)n3)c(C3=NCC=CN3)n2)CC1. The molecule has 39 heavy (non-hydrogen) atoms. The topological polar surface area (TPSA) is 178 Å². The zero-order valence-corrected chi connectivity index (χ0v) is 22.8. The van der Waals surface area contributed by atoms with Crippen LogP contribution in [0, 0.1) is 0 Å². The minimum Gasteiger partial charge on any atom is -0.379 e. The number of carbonyl (C=O) groups is 1. The van der Waals surface area contributed by atoms with Gasteiger partial charge in [0.05, 0.1) is 30.6 Å². The van der Waals surface area contributed by atoms with Crippen LogP contribution in [-0.4, -0.2) is 65.3 Å². The summed E-state index contributed by atoms with van der Waals surface area (Å²) < 4.78 is 24.3. The first-order valence-electron chi connectivity index (χ1n) is 12.5. The summed E-state index contributed by atoms with van der Waals surface area (Å²) in [4.78, 5) is 39.8. The van der Waals surface area contributed by atoms with Crippen LogP contribution in [0.2, 0.25) is 0 Å². The molecule has 0 atom stereocenters. The molecule has 0 radical (unpaired) electrons. The second kappa shape index (κ2) is 11.9. The number of aromatic nitrogens is 5. The van der Waals surface area contributed by atoms with Crippen LogP contribution in [-0.2, 0) is 20.6 Å². The van der Waals surface area contributed by atoms with E-state index in [2.05, 4.69) is 30.2 Å². The van der Waals surface area contributed by atoms with Gasteiger partial charge in [-0.3, -0.25) is 19.0 Å². The van der Waals surface area contributed by atoms with Gasteiger partial charge in [0, 0.05) is 36.1 Å². The molecule has 0 unspecified atom stereocenters. The highest BCUT2D eigenvalue weighted by atomic mass is 32.1. The number of nitrogens with zero attached hydrogens (tertiary/aromatic N) is 6. The maximum Gasteiger partial charge on any atom is 0.471 e. The van der Waals surface area contributed by atoms with Crippen LogP contribution >= 0.6 is 19.2 Å². The van der Waals surface area contributed by atoms with Gasteiger partial charge in [0.15, 0.2) is 18.3 Å². The molecule has 0 aromatic carbocycles. The molecular weight excluding hydrogens is 547 g/mol. The highest BCUT2D eigenvalue weighted by molar-refractivity contribution is 7.46. The third-order valence-corrected chi connectivity index (χ3v) is 7.64. The molecule has 3 aromatic heterocycles. The maximum atomic E-state index is 13.2. The quantitative estimate of drug-likeness (QED) is 0.262. The van der Waals surface area contributed by atoms with Gasteiger partial charge < -0.3 is 25.2 Å². The van der Waals surface area contributed by atoms with Crippen LogP contribution in [0.5, 0.6) is 0 Å². The van der Waals surface area contributed by atoms with Crippen molar-refractivity contribution in [3.63, 3.8) is 0 Å². The molecular formula is C23H29N8O6PS. The number of nitrogens with one attached hydrogen (secondary N) is 2. The molecule has 1 saturated carbocycles. The van der Waals surface area contributed by atoms with Gasteiger partial charge in [0.2, 0.25) is 0 Å². The minimum atomic E-state index is -4.62. The third-order valence-electron chi connectivity index (χ3n) is 6.29. The fourth-order valence-corrected chi connectivity index (χ4v) is 5.50. The van der Waals surface area contributed by atoms with Crippen molar-refractivity contribution >= 4 is 36.6 Å². The lowest BCUT2D eigenvalue weighted by atomic mass is 9.93. The lowest BCUT2D eigenvalue weighted by Crippen LogP contribution is -2.26. The van der Waals surface area contributed by atoms with Gasteiger partial charge in [-0.05, 0) is 38.7 Å². The smallest absolute Gasteiger partial charge is 0.379 e. The predicted octanol–water partition coefficient (Wildman–Crippen LogP) is 2.91. The number of anilines is 1. The average Bonchev–Trinajstić information content (AvgIpc) is 3.68. The molecule has 14 nitrogen and oxygen atoms in total. The third kappa shape index (κ3) is 6.87. The van der Waals surface area contributed by atoms with Gasteiger partial charge in [-0.25, -0.2) is 14.2 Å². The second-order valence-corrected chi connectivity index (χ2v) is 11.1. The highest BCUT2D eigenvalue weighted by Crippen LogP contribution is 2.36. The highest BCUT2D eigenvalue weighted by Gasteiger charge is 2.26. The number of carbonyl (C=O) groups excluding carboxylic acids is 1. The van der Waals surface area contributed by atoms with E-state index >= 15 is 0 Å². The zero-order valence-electron chi connectivity index (χ0n) is 21.1. The number of aliphatic imine (C=N–C) groups is 1. The van der Waals surface area contributed by atoms with Crippen LogP contribution in [0.3, 0.4) is 0 Å². The fraction of sp³-hybridized carbons (Fsp3) is 0.435. The van der Waals surface area contributed by atoms with Crippen molar-refractivity contribution in [1.82, 2.24) is 29.9 Å². The van der Waals surface area contributed by atoms with Gasteiger partial charge >= 0.3 is 7.82 Å². The fourth-order valence-electron chi connectivity index (χ4n) is 4.46. The molecule has 1 fully saturated rings. The number of hydrogen-bond acceptors (Lipinski definition) is 10. The molecule has 16 heteroatoms.